The molecule has 0 saturated heterocycles. The van der Waals surface area contributed by atoms with Gasteiger partial charge in [-0.3, -0.25) is 0 Å². The molecule has 0 bridgehead atoms. The summed E-state index contributed by atoms with van der Waals surface area (Å²) in [5, 5.41) is 0. The van der Waals surface area contributed by atoms with Crippen molar-refractivity contribution in [1.82, 2.24) is 9.97 Å². The van der Waals surface area contributed by atoms with E-state index >= 15 is 0 Å². The van der Waals surface area contributed by atoms with Crippen molar-refractivity contribution in [1.29, 1.82) is 0 Å². The second-order valence-corrected chi connectivity index (χ2v) is 2.71. The summed E-state index contributed by atoms with van der Waals surface area (Å²) in [6, 6.07) is 8.02. The van der Waals surface area contributed by atoms with Crippen molar-refractivity contribution in [2.75, 3.05) is 0 Å². The van der Waals surface area contributed by atoms with Crippen LogP contribution in [-0.2, 0) is 0 Å². The fourth-order valence-corrected chi connectivity index (χ4v) is 0.922. The maximum absolute atomic E-state index is 3.14. The Morgan fingerprint density at radius 3 is 1.54 bits per heavy atom. The van der Waals surface area contributed by atoms with Crippen LogP contribution in [0.3, 0.4) is 0 Å². The van der Waals surface area contributed by atoms with E-state index in [0.29, 0.717) is 0 Å². The summed E-state index contributed by atoms with van der Waals surface area (Å²) in [5.41, 5.74) is 2.47. The molecule has 0 atom stereocenters. The first-order chi connectivity index (χ1) is 5.79. The Morgan fingerprint density at radius 2 is 1.38 bits per heavy atom. The zero-order chi connectivity index (χ0) is 8.81. The fraction of sp³-hybridized carbons (Fsp3) is 0.200. The number of nitrogens with one attached hydrogen (secondary N) is 2. The Balaban J connectivity index is 0.000000215. The first kappa shape index (κ1) is 12.1. The van der Waals surface area contributed by atoms with Gasteiger partial charge >= 0.3 is 0 Å². The minimum atomic E-state index is 0. The van der Waals surface area contributed by atoms with Crippen LogP contribution in [0, 0.1) is 13.8 Å². The monoisotopic (exact) mass is 192 g/mol. The zero-order valence-corrected chi connectivity index (χ0v) is 7.46. The summed E-state index contributed by atoms with van der Waals surface area (Å²) in [6.07, 6.45) is 3.75. The SMILES string of the molecule is Cc1ccc(C)[nH]1.[AlH3].c1cc[nH]c1. The van der Waals surface area contributed by atoms with Crippen LogP contribution < -0.4 is 0 Å². The van der Waals surface area contributed by atoms with Crippen LogP contribution in [0.1, 0.15) is 11.4 Å². The minimum absolute atomic E-state index is 0. The van der Waals surface area contributed by atoms with Gasteiger partial charge in [0.25, 0.3) is 0 Å². The second-order valence-electron chi connectivity index (χ2n) is 2.71. The van der Waals surface area contributed by atoms with Gasteiger partial charge in [0.05, 0.1) is 0 Å². The van der Waals surface area contributed by atoms with Crippen LogP contribution in [0.15, 0.2) is 36.7 Å². The van der Waals surface area contributed by atoms with Crippen molar-refractivity contribution in [3.8, 4) is 0 Å². The zero-order valence-electron chi connectivity index (χ0n) is 7.46. The number of H-pyrrole nitrogens is 2. The average Bonchev–Trinajstić information content (AvgIpc) is 2.63. The fourth-order valence-electron chi connectivity index (χ4n) is 0.922. The molecule has 13 heavy (non-hydrogen) atoms. The molecule has 0 aromatic carbocycles. The van der Waals surface area contributed by atoms with Gasteiger partial charge in [0.1, 0.15) is 0 Å². The molecule has 0 aliphatic heterocycles. The molecule has 0 unspecified atom stereocenters. The molecule has 0 amide bonds. The normalized spacial score (nSPS) is 8.15. The molecule has 0 aliphatic carbocycles. The van der Waals surface area contributed by atoms with Gasteiger partial charge in [0.2, 0.25) is 0 Å². The van der Waals surface area contributed by atoms with Crippen molar-refractivity contribution >= 4 is 17.4 Å². The van der Waals surface area contributed by atoms with Crippen molar-refractivity contribution in [2.45, 2.75) is 13.8 Å². The summed E-state index contributed by atoms with van der Waals surface area (Å²) in [6.45, 7) is 4.10. The smallest absolute Gasteiger partial charge is 0.187 e. The van der Waals surface area contributed by atoms with E-state index in [1.165, 1.54) is 11.4 Å². The highest BCUT2D eigenvalue weighted by molar-refractivity contribution is 5.75. The number of hydrogen-bond acceptors (Lipinski definition) is 0. The van der Waals surface area contributed by atoms with E-state index in [1.807, 2.05) is 38.4 Å². The quantitative estimate of drug-likeness (QED) is 0.592. The largest absolute Gasteiger partial charge is 0.368 e. The van der Waals surface area contributed by atoms with Gasteiger partial charge in [-0.25, -0.2) is 0 Å². The van der Waals surface area contributed by atoms with E-state index in [4.69, 9.17) is 0 Å². The topological polar surface area (TPSA) is 31.6 Å². The van der Waals surface area contributed by atoms with Crippen molar-refractivity contribution in [3.63, 3.8) is 0 Å². The average molecular weight is 192 g/mol. The van der Waals surface area contributed by atoms with Gasteiger partial charge in [-0.2, -0.15) is 0 Å². The van der Waals surface area contributed by atoms with E-state index in [9.17, 15) is 0 Å². The van der Waals surface area contributed by atoms with Gasteiger partial charge in [0.15, 0.2) is 17.4 Å². The van der Waals surface area contributed by atoms with Crippen LogP contribution in [0.2, 0.25) is 0 Å². The van der Waals surface area contributed by atoms with Crippen molar-refractivity contribution < 1.29 is 0 Å². The molecule has 2 N–H and O–H groups in total. The van der Waals surface area contributed by atoms with Gasteiger partial charge in [-0.1, -0.05) is 0 Å². The predicted octanol–water partition coefficient (Wildman–Crippen LogP) is 1.46. The highest BCUT2D eigenvalue weighted by atomic mass is 27.0. The van der Waals surface area contributed by atoms with Crippen LogP contribution in [0.25, 0.3) is 0 Å². The first-order valence-corrected chi connectivity index (χ1v) is 3.99. The van der Waals surface area contributed by atoms with E-state index < -0.39 is 0 Å². The van der Waals surface area contributed by atoms with E-state index in [-0.39, 0.29) is 17.4 Å². The third kappa shape index (κ3) is 5.35. The molecule has 0 spiro atoms. The van der Waals surface area contributed by atoms with Gasteiger partial charge in [0, 0.05) is 23.8 Å². The summed E-state index contributed by atoms with van der Waals surface area (Å²) >= 11 is 0. The third-order valence-corrected chi connectivity index (χ3v) is 1.47. The molecule has 0 radical (unpaired) electrons. The molecular weight excluding hydrogens is 175 g/mol. The summed E-state index contributed by atoms with van der Waals surface area (Å²) in [7, 11) is 0. The first-order valence-electron chi connectivity index (χ1n) is 3.99. The summed E-state index contributed by atoms with van der Waals surface area (Å²) in [5.74, 6) is 0. The number of aromatic amines is 2. The van der Waals surface area contributed by atoms with Crippen LogP contribution >= 0.6 is 0 Å². The van der Waals surface area contributed by atoms with Gasteiger partial charge < -0.3 is 9.97 Å². The maximum atomic E-state index is 3.14. The number of hydrogen-bond donors (Lipinski definition) is 2. The van der Waals surface area contributed by atoms with Crippen LogP contribution in [-0.4, -0.2) is 27.3 Å². The minimum Gasteiger partial charge on any atom is -0.368 e. The van der Waals surface area contributed by atoms with Crippen molar-refractivity contribution in [3.05, 3.63) is 48.0 Å². The molecule has 2 aromatic rings. The number of aryl methyl sites for hydroxylation is 2. The van der Waals surface area contributed by atoms with Gasteiger partial charge in [-0.05, 0) is 38.1 Å². The Bertz CT molecular complexity index is 265. The predicted molar refractivity (Wildman–Crippen MR) is 61.0 cm³/mol. The molecule has 70 valence electrons. The van der Waals surface area contributed by atoms with Crippen LogP contribution in [0.5, 0.6) is 0 Å². The lowest BCUT2D eigenvalue weighted by atomic mass is 10.5. The Morgan fingerprint density at radius 1 is 0.923 bits per heavy atom. The second kappa shape index (κ2) is 6.59. The van der Waals surface area contributed by atoms with Crippen molar-refractivity contribution in [2.24, 2.45) is 0 Å². The molecule has 0 fully saturated rings. The van der Waals surface area contributed by atoms with Crippen LogP contribution in [0.4, 0.5) is 0 Å². The lowest BCUT2D eigenvalue weighted by Crippen LogP contribution is -1.67. The molecule has 3 heteroatoms. The molecule has 2 heterocycles. The molecule has 2 aromatic heterocycles. The highest BCUT2D eigenvalue weighted by Gasteiger charge is 1.82. The number of aromatic nitrogens is 2. The Labute approximate surface area is 89.5 Å². The number of rotatable bonds is 0. The Kier molecular flexibility index (Phi) is 6.13. The van der Waals surface area contributed by atoms with E-state index in [0.717, 1.165) is 0 Å². The molecular formula is C10H17AlN2. The molecule has 2 rings (SSSR count). The lowest BCUT2D eigenvalue weighted by molar-refractivity contribution is 1.19. The Hall–Kier alpha value is -0.908. The lowest BCUT2D eigenvalue weighted by Gasteiger charge is -1.77. The third-order valence-electron chi connectivity index (χ3n) is 1.47. The molecule has 2 nitrogen and oxygen atoms in total. The summed E-state index contributed by atoms with van der Waals surface area (Å²) in [4.78, 5) is 6.00. The standard InChI is InChI=1S/C6H9N.C4H5N.Al.3H/c1-5-3-4-6(2)7-5;1-2-4-5-3-1;;;;/h3-4,7H,1-2H3;1-5H;;;;. The van der Waals surface area contributed by atoms with E-state index in [1.54, 1.807) is 0 Å². The molecule has 0 aliphatic rings. The summed E-state index contributed by atoms with van der Waals surface area (Å²) < 4.78 is 0. The molecule has 0 saturated carbocycles. The van der Waals surface area contributed by atoms with Gasteiger partial charge in [-0.15, -0.1) is 0 Å². The highest BCUT2D eigenvalue weighted by Crippen LogP contribution is 1.95. The maximum Gasteiger partial charge on any atom is 0.187 e. The van der Waals surface area contributed by atoms with E-state index in [2.05, 4.69) is 22.1 Å².